The number of hydrogen-bond acceptors (Lipinski definition) is 3. The summed E-state index contributed by atoms with van der Waals surface area (Å²) in [7, 11) is 1.64. The second-order valence-electron chi connectivity index (χ2n) is 4.84. The van der Waals surface area contributed by atoms with Crippen LogP contribution in [0, 0.1) is 0 Å². The van der Waals surface area contributed by atoms with Gasteiger partial charge in [-0.25, -0.2) is 0 Å². The first kappa shape index (κ1) is 16.0. The predicted molar refractivity (Wildman–Crippen MR) is 81.0 cm³/mol. The van der Waals surface area contributed by atoms with Crippen LogP contribution in [-0.2, 0) is 6.54 Å². The molecule has 0 bridgehead atoms. The van der Waals surface area contributed by atoms with E-state index >= 15 is 0 Å². The van der Waals surface area contributed by atoms with Crippen molar-refractivity contribution in [3.63, 3.8) is 0 Å². The molecule has 1 aromatic rings. The first-order valence-corrected chi connectivity index (χ1v) is 7.31. The number of rotatable bonds is 5. The minimum Gasteiger partial charge on any atom is -0.494 e. The molecule has 0 aromatic heterocycles. The molecule has 2 N–H and O–H groups in total. The highest BCUT2D eigenvalue weighted by Crippen LogP contribution is 2.34. The van der Waals surface area contributed by atoms with Gasteiger partial charge in [0.15, 0.2) is 0 Å². The zero-order valence-corrected chi connectivity index (χ0v) is 14.2. The molecule has 0 saturated heterocycles. The van der Waals surface area contributed by atoms with Crippen molar-refractivity contribution in [1.82, 2.24) is 5.32 Å². The van der Waals surface area contributed by atoms with Crippen LogP contribution >= 0.6 is 31.9 Å². The minimum absolute atomic E-state index is 0.321. The van der Waals surface area contributed by atoms with E-state index < -0.39 is 6.10 Å². The van der Waals surface area contributed by atoms with E-state index in [0.29, 0.717) is 6.54 Å². The molecule has 1 unspecified atom stereocenters. The van der Waals surface area contributed by atoms with Crippen LogP contribution in [0.25, 0.3) is 0 Å². The molecule has 0 aliphatic heterocycles. The lowest BCUT2D eigenvalue weighted by molar-refractivity contribution is 0.0956. The molecular weight excluding hydrogens is 362 g/mol. The standard InChI is InChI=1S/C13H19Br2NO2/c1-8(17)13(2,3)16-7-9-5-10(14)12(18-4)11(15)6-9/h5-6,8,16-17H,7H2,1-4H3. The third-order valence-corrected chi connectivity index (χ3v) is 4.23. The number of ether oxygens (including phenoxy) is 1. The fourth-order valence-corrected chi connectivity index (χ4v) is 2.99. The molecule has 0 aliphatic rings. The number of benzene rings is 1. The van der Waals surface area contributed by atoms with Crippen LogP contribution in [0.4, 0.5) is 0 Å². The van der Waals surface area contributed by atoms with Crippen LogP contribution < -0.4 is 10.1 Å². The molecule has 1 rings (SSSR count). The molecule has 1 atom stereocenters. The lowest BCUT2D eigenvalue weighted by Gasteiger charge is -2.29. The maximum atomic E-state index is 9.65. The largest absolute Gasteiger partial charge is 0.494 e. The lowest BCUT2D eigenvalue weighted by atomic mass is 9.98. The molecule has 0 spiro atoms. The number of hydrogen-bond donors (Lipinski definition) is 2. The van der Waals surface area contributed by atoms with Gasteiger partial charge in [0.05, 0.1) is 22.2 Å². The van der Waals surface area contributed by atoms with Gasteiger partial charge in [-0.1, -0.05) is 0 Å². The highest BCUT2D eigenvalue weighted by molar-refractivity contribution is 9.11. The number of aliphatic hydroxyl groups excluding tert-OH is 1. The Labute approximate surface area is 125 Å². The molecule has 0 radical (unpaired) electrons. The molecule has 102 valence electrons. The maximum absolute atomic E-state index is 9.65. The minimum atomic E-state index is -0.414. The summed E-state index contributed by atoms with van der Waals surface area (Å²) in [6.45, 7) is 6.42. The van der Waals surface area contributed by atoms with E-state index in [-0.39, 0.29) is 5.54 Å². The van der Waals surface area contributed by atoms with Gasteiger partial charge >= 0.3 is 0 Å². The number of nitrogens with one attached hydrogen (secondary N) is 1. The predicted octanol–water partition coefficient (Wildman–Crippen LogP) is 3.47. The van der Waals surface area contributed by atoms with Gasteiger partial charge in [0, 0.05) is 12.1 Å². The van der Waals surface area contributed by atoms with Crippen molar-refractivity contribution in [3.05, 3.63) is 26.6 Å². The van der Waals surface area contributed by atoms with Crippen molar-refractivity contribution < 1.29 is 9.84 Å². The molecular formula is C13H19Br2NO2. The molecule has 0 saturated carbocycles. The molecule has 18 heavy (non-hydrogen) atoms. The summed E-state index contributed by atoms with van der Waals surface area (Å²) in [6.07, 6.45) is -0.414. The van der Waals surface area contributed by atoms with Crippen molar-refractivity contribution in [2.45, 2.75) is 39.0 Å². The van der Waals surface area contributed by atoms with Crippen LogP contribution in [-0.4, -0.2) is 23.9 Å². The molecule has 0 aliphatic carbocycles. The van der Waals surface area contributed by atoms with E-state index in [4.69, 9.17) is 4.74 Å². The average Bonchev–Trinajstić information content (AvgIpc) is 2.26. The third-order valence-electron chi connectivity index (χ3n) is 3.05. The molecule has 0 fully saturated rings. The first-order valence-electron chi connectivity index (χ1n) is 5.73. The Bertz CT molecular complexity index is 396. The Morgan fingerprint density at radius 3 is 2.22 bits per heavy atom. The number of halogens is 2. The van der Waals surface area contributed by atoms with Gasteiger partial charge in [-0.3, -0.25) is 0 Å². The Hall–Kier alpha value is -0.100. The Morgan fingerprint density at radius 2 is 1.83 bits per heavy atom. The van der Waals surface area contributed by atoms with Gasteiger partial charge < -0.3 is 15.2 Å². The zero-order valence-electron chi connectivity index (χ0n) is 11.1. The van der Waals surface area contributed by atoms with Gasteiger partial charge in [0.2, 0.25) is 0 Å². The summed E-state index contributed by atoms with van der Waals surface area (Å²) >= 11 is 6.95. The molecule has 0 amide bonds. The second kappa shape index (κ2) is 6.37. The van der Waals surface area contributed by atoms with Gasteiger partial charge in [0.25, 0.3) is 0 Å². The summed E-state index contributed by atoms with van der Waals surface area (Å²) in [5.74, 6) is 0.786. The Balaban J connectivity index is 2.81. The average molecular weight is 381 g/mol. The Morgan fingerprint density at radius 1 is 1.33 bits per heavy atom. The summed E-state index contributed by atoms with van der Waals surface area (Å²) in [6, 6.07) is 4.02. The second-order valence-corrected chi connectivity index (χ2v) is 6.55. The Kier molecular flexibility index (Phi) is 5.65. The van der Waals surface area contributed by atoms with Gasteiger partial charge in [-0.2, -0.15) is 0 Å². The van der Waals surface area contributed by atoms with E-state index in [2.05, 4.69) is 37.2 Å². The first-order chi connectivity index (χ1) is 8.27. The molecule has 3 nitrogen and oxygen atoms in total. The van der Waals surface area contributed by atoms with Crippen molar-refractivity contribution in [3.8, 4) is 5.75 Å². The van der Waals surface area contributed by atoms with Crippen LogP contribution in [0.1, 0.15) is 26.3 Å². The quantitative estimate of drug-likeness (QED) is 0.821. The maximum Gasteiger partial charge on any atom is 0.147 e. The van der Waals surface area contributed by atoms with E-state index in [1.54, 1.807) is 14.0 Å². The van der Waals surface area contributed by atoms with E-state index in [1.807, 2.05) is 26.0 Å². The fraction of sp³-hybridized carbons (Fsp3) is 0.538. The summed E-state index contributed by atoms with van der Waals surface area (Å²) in [5, 5.41) is 13.0. The zero-order chi connectivity index (χ0) is 13.9. The van der Waals surface area contributed by atoms with Gasteiger partial charge in [0.1, 0.15) is 5.75 Å². The van der Waals surface area contributed by atoms with Crippen molar-refractivity contribution in [2.24, 2.45) is 0 Å². The summed E-state index contributed by atoms with van der Waals surface area (Å²) in [5.41, 5.74) is 0.794. The fourth-order valence-electron chi connectivity index (χ4n) is 1.39. The molecule has 1 aromatic carbocycles. The highest BCUT2D eigenvalue weighted by atomic mass is 79.9. The highest BCUT2D eigenvalue weighted by Gasteiger charge is 2.23. The van der Waals surface area contributed by atoms with Crippen molar-refractivity contribution in [2.75, 3.05) is 7.11 Å². The topological polar surface area (TPSA) is 41.5 Å². The van der Waals surface area contributed by atoms with Gasteiger partial charge in [-0.15, -0.1) is 0 Å². The number of aliphatic hydroxyl groups is 1. The van der Waals surface area contributed by atoms with E-state index in [1.165, 1.54) is 0 Å². The third kappa shape index (κ3) is 3.95. The molecule has 0 heterocycles. The molecule has 5 heteroatoms. The van der Waals surface area contributed by atoms with E-state index in [0.717, 1.165) is 20.3 Å². The normalized spacial score (nSPS) is 13.5. The van der Waals surface area contributed by atoms with Gasteiger partial charge in [-0.05, 0) is 70.3 Å². The van der Waals surface area contributed by atoms with Crippen LogP contribution in [0.5, 0.6) is 5.75 Å². The van der Waals surface area contributed by atoms with Crippen LogP contribution in [0.3, 0.4) is 0 Å². The van der Waals surface area contributed by atoms with Crippen molar-refractivity contribution in [1.29, 1.82) is 0 Å². The lowest BCUT2D eigenvalue weighted by Crippen LogP contribution is -2.47. The van der Waals surface area contributed by atoms with Crippen molar-refractivity contribution >= 4 is 31.9 Å². The smallest absolute Gasteiger partial charge is 0.147 e. The van der Waals surface area contributed by atoms with Crippen LogP contribution in [0.15, 0.2) is 21.1 Å². The monoisotopic (exact) mass is 379 g/mol. The SMILES string of the molecule is COc1c(Br)cc(CNC(C)(C)C(C)O)cc1Br. The summed E-state index contributed by atoms with van der Waals surface area (Å²) < 4.78 is 7.08. The summed E-state index contributed by atoms with van der Waals surface area (Å²) in [4.78, 5) is 0. The van der Waals surface area contributed by atoms with Crippen LogP contribution in [0.2, 0.25) is 0 Å². The number of methoxy groups -OCH3 is 1. The van der Waals surface area contributed by atoms with E-state index in [9.17, 15) is 5.11 Å².